The molecule has 1 aliphatic heterocycles. The summed E-state index contributed by atoms with van der Waals surface area (Å²) in [5.74, 6) is -3.94. The topological polar surface area (TPSA) is 157 Å². The molecule has 3 N–H and O–H groups in total. The number of esters is 3. The highest BCUT2D eigenvalue weighted by molar-refractivity contribution is 6.01. The molecule has 1 heterocycles. The Labute approximate surface area is 228 Å². The van der Waals surface area contributed by atoms with Crippen LogP contribution >= 0.6 is 0 Å². The zero-order valence-electron chi connectivity index (χ0n) is 23.2. The number of nitrogens with one attached hydrogen (secondary N) is 2. The Morgan fingerprint density at radius 3 is 2.46 bits per heavy atom. The molecule has 0 aromatic heterocycles. The van der Waals surface area contributed by atoms with E-state index in [4.69, 9.17) is 14.2 Å². The van der Waals surface area contributed by atoms with Crippen molar-refractivity contribution < 1.29 is 43.3 Å². The smallest absolute Gasteiger partial charge is 0.332 e. The Morgan fingerprint density at radius 1 is 1.13 bits per heavy atom. The zero-order chi connectivity index (χ0) is 29.1. The zero-order valence-corrected chi connectivity index (χ0v) is 23.2. The molecule has 216 valence electrons. The lowest BCUT2D eigenvalue weighted by Crippen LogP contribution is -2.50. The molecule has 6 atom stereocenters. The third-order valence-corrected chi connectivity index (χ3v) is 6.95. The lowest BCUT2D eigenvalue weighted by molar-refractivity contribution is -0.175. The van der Waals surface area contributed by atoms with Gasteiger partial charge in [-0.15, -0.1) is 0 Å². The first kappa shape index (κ1) is 31.6. The number of hydrogen-bond donors (Lipinski definition) is 3. The van der Waals surface area contributed by atoms with Gasteiger partial charge in [0.05, 0.1) is 17.2 Å². The van der Waals surface area contributed by atoms with Crippen LogP contribution in [0.5, 0.6) is 5.75 Å². The lowest BCUT2D eigenvalue weighted by Gasteiger charge is -2.29. The average Bonchev–Trinajstić information content (AvgIpc) is 2.92. The van der Waals surface area contributed by atoms with Crippen LogP contribution in [0.3, 0.4) is 0 Å². The van der Waals surface area contributed by atoms with E-state index in [9.17, 15) is 29.1 Å². The normalized spacial score (nSPS) is 24.2. The fourth-order valence-corrected chi connectivity index (χ4v) is 4.28. The van der Waals surface area contributed by atoms with Crippen LogP contribution in [0.25, 0.3) is 0 Å². The second-order valence-electron chi connectivity index (χ2n) is 9.95. The molecule has 1 unspecified atom stereocenters. The SMILES string of the molecule is CCCC[C@H]1C(=O)O[C@H](C)[C@H](NC(=O)c2cccc(NC=O)c2O)C(=O)O[C@@H](C)[C@@H]1OC(=O)CCC(C)CC. The summed E-state index contributed by atoms with van der Waals surface area (Å²) < 4.78 is 16.9. The van der Waals surface area contributed by atoms with Gasteiger partial charge in [-0.05, 0) is 44.7 Å². The molecule has 0 bridgehead atoms. The number of ether oxygens (including phenoxy) is 3. The van der Waals surface area contributed by atoms with Crippen LogP contribution in [0, 0.1) is 11.8 Å². The number of phenolic OH excluding ortho intramolecular Hbond substituents is 1. The molecule has 1 fully saturated rings. The third-order valence-electron chi connectivity index (χ3n) is 6.95. The van der Waals surface area contributed by atoms with Gasteiger partial charge in [-0.2, -0.15) is 0 Å². The van der Waals surface area contributed by atoms with Crippen LogP contribution in [0.4, 0.5) is 5.69 Å². The van der Waals surface area contributed by atoms with Crippen LogP contribution in [-0.4, -0.2) is 59.7 Å². The number of benzene rings is 1. The van der Waals surface area contributed by atoms with Gasteiger partial charge in [0.15, 0.2) is 17.9 Å². The van der Waals surface area contributed by atoms with Gasteiger partial charge in [0.25, 0.3) is 5.91 Å². The van der Waals surface area contributed by atoms with E-state index in [1.54, 1.807) is 0 Å². The summed E-state index contributed by atoms with van der Waals surface area (Å²) in [5, 5.41) is 15.1. The largest absolute Gasteiger partial charge is 0.505 e. The van der Waals surface area contributed by atoms with Crippen molar-refractivity contribution in [2.45, 2.75) is 97.5 Å². The fraction of sp³-hybridized carbons (Fsp3) is 0.607. The van der Waals surface area contributed by atoms with Crippen molar-refractivity contribution in [2.75, 3.05) is 5.32 Å². The van der Waals surface area contributed by atoms with Crippen molar-refractivity contribution in [2.24, 2.45) is 11.8 Å². The molecule has 1 aliphatic rings. The predicted molar refractivity (Wildman–Crippen MR) is 142 cm³/mol. The summed E-state index contributed by atoms with van der Waals surface area (Å²) in [5.41, 5.74) is -0.213. The first-order chi connectivity index (χ1) is 18.5. The molecule has 1 aromatic carbocycles. The average molecular weight is 549 g/mol. The second-order valence-corrected chi connectivity index (χ2v) is 9.95. The minimum Gasteiger partial charge on any atom is -0.505 e. The first-order valence-electron chi connectivity index (χ1n) is 13.5. The number of amides is 2. The number of hydrogen-bond acceptors (Lipinski definition) is 9. The molecular weight excluding hydrogens is 508 g/mol. The van der Waals surface area contributed by atoms with E-state index in [0.717, 1.165) is 12.8 Å². The van der Waals surface area contributed by atoms with E-state index in [0.29, 0.717) is 31.6 Å². The van der Waals surface area contributed by atoms with Gasteiger partial charge in [0.2, 0.25) is 6.41 Å². The Balaban J connectivity index is 2.31. The van der Waals surface area contributed by atoms with Crippen LogP contribution in [-0.2, 0) is 33.4 Å². The van der Waals surface area contributed by atoms with Gasteiger partial charge in [-0.3, -0.25) is 19.2 Å². The van der Waals surface area contributed by atoms with Crippen LogP contribution in [0.15, 0.2) is 18.2 Å². The maximum absolute atomic E-state index is 13.3. The predicted octanol–water partition coefficient (Wildman–Crippen LogP) is 3.48. The highest BCUT2D eigenvalue weighted by atomic mass is 16.6. The minimum absolute atomic E-state index is 0.000421. The van der Waals surface area contributed by atoms with Gasteiger partial charge >= 0.3 is 17.9 Å². The van der Waals surface area contributed by atoms with Gasteiger partial charge in [0.1, 0.15) is 12.2 Å². The third kappa shape index (κ3) is 8.69. The number of carbonyl (C=O) groups excluding carboxylic acids is 5. The van der Waals surface area contributed by atoms with Crippen LogP contribution < -0.4 is 10.6 Å². The van der Waals surface area contributed by atoms with Crippen molar-refractivity contribution in [3.8, 4) is 5.75 Å². The molecule has 11 nitrogen and oxygen atoms in total. The van der Waals surface area contributed by atoms with E-state index < -0.39 is 59.8 Å². The van der Waals surface area contributed by atoms with Gasteiger partial charge < -0.3 is 30.0 Å². The Hall–Kier alpha value is -3.63. The molecule has 1 saturated heterocycles. The molecule has 39 heavy (non-hydrogen) atoms. The molecule has 0 saturated carbocycles. The van der Waals surface area contributed by atoms with Crippen molar-refractivity contribution in [1.82, 2.24) is 5.32 Å². The van der Waals surface area contributed by atoms with Crippen molar-refractivity contribution in [3.05, 3.63) is 23.8 Å². The minimum atomic E-state index is -1.42. The summed E-state index contributed by atoms with van der Waals surface area (Å²) in [6, 6.07) is 2.71. The van der Waals surface area contributed by atoms with Crippen molar-refractivity contribution >= 4 is 35.9 Å². The van der Waals surface area contributed by atoms with Crippen molar-refractivity contribution in [1.29, 1.82) is 0 Å². The molecule has 2 rings (SSSR count). The van der Waals surface area contributed by atoms with Gasteiger partial charge in [0, 0.05) is 6.42 Å². The molecule has 1 aromatic rings. The number of anilines is 1. The summed E-state index contributed by atoms with van der Waals surface area (Å²) in [6.45, 7) is 8.99. The van der Waals surface area contributed by atoms with E-state index >= 15 is 0 Å². The highest BCUT2D eigenvalue weighted by Crippen LogP contribution is 2.29. The number of unbranched alkanes of at least 4 members (excludes halogenated alkanes) is 1. The van der Waals surface area contributed by atoms with Crippen LogP contribution in [0.2, 0.25) is 0 Å². The Bertz CT molecular complexity index is 1030. The maximum atomic E-state index is 13.3. The fourth-order valence-electron chi connectivity index (χ4n) is 4.28. The summed E-state index contributed by atoms with van der Waals surface area (Å²) in [4.78, 5) is 62.9. The van der Waals surface area contributed by atoms with Gasteiger partial charge in [-0.1, -0.05) is 46.1 Å². The number of phenols is 1. The first-order valence-corrected chi connectivity index (χ1v) is 13.5. The summed E-state index contributed by atoms with van der Waals surface area (Å²) >= 11 is 0. The standard InChI is InChI=1S/C28H40N2O9/c1-6-8-10-20-25(39-22(32)14-13-16(3)7-2)18(5)38-28(36)23(17(4)37-27(20)35)30-26(34)19-11-9-12-21(24(19)33)29-15-31/h9,11-12,15-18,20,23,25,33H,6-8,10,13-14H2,1-5H3,(H,29,31)(H,30,34)/t16?,17-,18+,20-,23+,25+/m1/s1. The Morgan fingerprint density at radius 2 is 1.82 bits per heavy atom. The van der Waals surface area contributed by atoms with E-state index in [2.05, 4.69) is 10.6 Å². The Kier molecular flexibility index (Phi) is 12.2. The van der Waals surface area contributed by atoms with E-state index in [1.165, 1.54) is 32.0 Å². The highest BCUT2D eigenvalue weighted by Gasteiger charge is 2.43. The number of aromatic hydroxyl groups is 1. The van der Waals surface area contributed by atoms with E-state index in [-0.39, 0.29) is 17.7 Å². The molecule has 0 spiro atoms. The number of carbonyl (C=O) groups is 5. The summed E-state index contributed by atoms with van der Waals surface area (Å²) in [7, 11) is 0. The molecule has 0 aliphatic carbocycles. The summed E-state index contributed by atoms with van der Waals surface area (Å²) in [6.07, 6.45) is 0.641. The maximum Gasteiger partial charge on any atom is 0.332 e. The number of para-hydroxylation sites is 1. The molecule has 2 amide bonds. The molecular formula is C28H40N2O9. The van der Waals surface area contributed by atoms with Crippen LogP contribution in [0.1, 0.15) is 83.5 Å². The molecule has 0 radical (unpaired) electrons. The lowest BCUT2D eigenvalue weighted by atomic mass is 9.92. The number of rotatable bonds is 12. The molecule has 11 heteroatoms. The second kappa shape index (κ2) is 15.1. The van der Waals surface area contributed by atoms with Gasteiger partial charge in [-0.25, -0.2) is 4.79 Å². The van der Waals surface area contributed by atoms with Crippen molar-refractivity contribution in [3.63, 3.8) is 0 Å². The van der Waals surface area contributed by atoms with E-state index in [1.807, 2.05) is 20.8 Å². The monoisotopic (exact) mass is 548 g/mol. The number of cyclic esters (lactones) is 2. The quantitative estimate of drug-likeness (QED) is 0.154.